The molecule has 2 rings (SSSR count). The Balaban J connectivity index is 2.23. The van der Waals surface area contributed by atoms with Crippen LogP contribution in [0.5, 0.6) is 0 Å². The molecule has 82 valence electrons. The van der Waals surface area contributed by atoms with Crippen molar-refractivity contribution in [2.45, 2.75) is 38.9 Å². The van der Waals surface area contributed by atoms with Crippen LogP contribution in [0.15, 0.2) is 12.4 Å². The molecule has 0 spiro atoms. The molecule has 1 fully saturated rings. The summed E-state index contributed by atoms with van der Waals surface area (Å²) in [5.74, 6) is 0. The van der Waals surface area contributed by atoms with Crippen LogP contribution in [0.2, 0.25) is 0 Å². The second-order valence-corrected chi connectivity index (χ2v) is 5.95. The highest BCUT2D eigenvalue weighted by atomic mass is 127. The van der Waals surface area contributed by atoms with E-state index in [0.29, 0.717) is 0 Å². The maximum Gasteiger partial charge on any atom is 0.615 e. The Morgan fingerprint density at radius 1 is 1.27 bits per heavy atom. The molecule has 1 aliphatic heterocycles. The van der Waals surface area contributed by atoms with Gasteiger partial charge in [-0.15, -0.1) is 0 Å². The molecule has 0 atom stereocenters. The second-order valence-electron chi connectivity index (χ2n) is 4.70. The summed E-state index contributed by atoms with van der Waals surface area (Å²) < 4.78 is 14.5. The van der Waals surface area contributed by atoms with E-state index in [4.69, 9.17) is 9.31 Å². The molecule has 15 heavy (non-hydrogen) atoms. The fraction of sp³-hybridized carbons (Fsp3) is 0.667. The van der Waals surface area contributed by atoms with E-state index in [9.17, 15) is 0 Å². The molecule has 0 aromatic carbocycles. The molecular weight excluding hydrogens is 306 g/mol. The molecule has 0 aliphatic carbocycles. The molecule has 0 amide bonds. The van der Waals surface area contributed by atoms with E-state index in [1.165, 1.54) is 0 Å². The van der Waals surface area contributed by atoms with E-state index in [-0.39, 0.29) is 11.2 Å². The number of hydrogen-bond acceptors (Lipinski definition) is 3. The van der Waals surface area contributed by atoms with Crippen molar-refractivity contribution in [2.75, 3.05) is 0 Å². The molecule has 0 bridgehead atoms. The molecular formula is C9H14BIN2O2. The first-order valence-corrected chi connectivity index (χ1v) is 5.95. The summed E-state index contributed by atoms with van der Waals surface area (Å²) in [6.45, 7) is 8.12. The van der Waals surface area contributed by atoms with Crippen molar-refractivity contribution in [3.63, 3.8) is 0 Å². The predicted molar refractivity (Wildman–Crippen MR) is 66.4 cm³/mol. The highest BCUT2D eigenvalue weighted by molar-refractivity contribution is 14.1. The summed E-state index contributed by atoms with van der Waals surface area (Å²) >= 11 is 2.21. The lowest BCUT2D eigenvalue weighted by Crippen LogP contribution is -2.41. The van der Waals surface area contributed by atoms with Gasteiger partial charge in [0.15, 0.2) is 0 Å². The summed E-state index contributed by atoms with van der Waals surface area (Å²) in [5.41, 5.74) is -0.621. The van der Waals surface area contributed by atoms with Crippen molar-refractivity contribution >= 4 is 29.8 Å². The summed E-state index contributed by atoms with van der Waals surface area (Å²) in [6, 6.07) is 0. The van der Waals surface area contributed by atoms with Crippen LogP contribution < -0.4 is 0 Å². The van der Waals surface area contributed by atoms with Crippen LogP contribution in [0.1, 0.15) is 27.7 Å². The summed E-state index contributed by atoms with van der Waals surface area (Å²) in [5, 5.41) is 4.19. The molecule has 6 heteroatoms. The summed E-state index contributed by atoms with van der Waals surface area (Å²) in [7, 11) is -0.418. The molecule has 0 radical (unpaired) electrons. The van der Waals surface area contributed by atoms with E-state index < -0.39 is 7.25 Å². The van der Waals surface area contributed by atoms with E-state index in [2.05, 4.69) is 27.7 Å². The first kappa shape index (κ1) is 11.4. The third-order valence-electron chi connectivity index (χ3n) is 3.03. The van der Waals surface area contributed by atoms with E-state index in [1.807, 2.05) is 33.9 Å². The number of aromatic nitrogens is 2. The zero-order valence-corrected chi connectivity index (χ0v) is 11.5. The quantitative estimate of drug-likeness (QED) is 0.586. The zero-order valence-electron chi connectivity index (χ0n) is 9.32. The van der Waals surface area contributed by atoms with Gasteiger partial charge in [-0.2, -0.15) is 5.10 Å². The Morgan fingerprint density at radius 2 is 1.80 bits per heavy atom. The van der Waals surface area contributed by atoms with Gasteiger partial charge in [-0.25, -0.2) is 0 Å². The molecule has 1 aromatic heterocycles. The van der Waals surface area contributed by atoms with Crippen molar-refractivity contribution in [1.29, 1.82) is 0 Å². The fourth-order valence-corrected chi connectivity index (χ4v) is 1.76. The molecule has 1 aromatic rings. The van der Waals surface area contributed by atoms with Crippen LogP contribution in [0, 0.1) is 3.57 Å². The van der Waals surface area contributed by atoms with Gasteiger partial charge in [-0.3, -0.25) is 4.59 Å². The van der Waals surface area contributed by atoms with Gasteiger partial charge in [0, 0.05) is 9.77 Å². The van der Waals surface area contributed by atoms with E-state index in [0.717, 1.165) is 3.57 Å². The Bertz CT molecular complexity index is 362. The normalized spacial score (nSPS) is 23.4. The van der Waals surface area contributed by atoms with Crippen LogP contribution in [-0.4, -0.2) is 28.1 Å². The Morgan fingerprint density at radius 3 is 2.20 bits per heavy atom. The lowest BCUT2D eigenvalue weighted by molar-refractivity contribution is 0.00578. The van der Waals surface area contributed by atoms with Crippen molar-refractivity contribution in [2.24, 2.45) is 0 Å². The van der Waals surface area contributed by atoms with Crippen LogP contribution in [0.4, 0.5) is 0 Å². The molecule has 2 heterocycles. The van der Waals surface area contributed by atoms with Gasteiger partial charge in [-0.05, 0) is 50.3 Å². The second kappa shape index (κ2) is 3.46. The van der Waals surface area contributed by atoms with Gasteiger partial charge in [0.05, 0.1) is 17.4 Å². The van der Waals surface area contributed by atoms with Gasteiger partial charge >= 0.3 is 7.25 Å². The minimum Gasteiger partial charge on any atom is -0.383 e. The third-order valence-corrected chi connectivity index (χ3v) is 3.58. The molecule has 0 unspecified atom stereocenters. The molecule has 0 N–H and O–H groups in total. The minimum atomic E-state index is -0.418. The maximum atomic E-state index is 5.84. The van der Waals surface area contributed by atoms with Crippen LogP contribution in [0.3, 0.4) is 0 Å². The highest BCUT2D eigenvalue weighted by Crippen LogP contribution is 2.36. The largest absolute Gasteiger partial charge is 0.615 e. The molecule has 0 saturated carbocycles. The highest BCUT2D eigenvalue weighted by Gasteiger charge is 2.53. The van der Waals surface area contributed by atoms with Crippen molar-refractivity contribution in [1.82, 2.24) is 9.69 Å². The van der Waals surface area contributed by atoms with Crippen molar-refractivity contribution in [3.8, 4) is 0 Å². The lowest BCUT2D eigenvalue weighted by atomic mass is 9.90. The number of nitrogens with zero attached hydrogens (tertiary/aromatic N) is 2. The van der Waals surface area contributed by atoms with Gasteiger partial charge in [0.25, 0.3) is 0 Å². The van der Waals surface area contributed by atoms with Crippen LogP contribution >= 0.6 is 22.6 Å². The van der Waals surface area contributed by atoms with Crippen molar-refractivity contribution < 1.29 is 9.31 Å². The first-order valence-electron chi connectivity index (χ1n) is 4.87. The molecule has 4 nitrogen and oxygen atoms in total. The average molecular weight is 320 g/mol. The summed E-state index contributed by atoms with van der Waals surface area (Å²) in [6.07, 6.45) is 3.69. The lowest BCUT2D eigenvalue weighted by Gasteiger charge is -2.32. The average Bonchev–Trinajstić information content (AvgIpc) is 2.56. The molecule has 1 aliphatic rings. The summed E-state index contributed by atoms with van der Waals surface area (Å²) in [4.78, 5) is 0. The Kier molecular flexibility index (Phi) is 2.63. The van der Waals surface area contributed by atoms with Gasteiger partial charge < -0.3 is 9.31 Å². The van der Waals surface area contributed by atoms with Crippen LogP contribution in [0.25, 0.3) is 0 Å². The number of rotatable bonds is 1. The van der Waals surface area contributed by atoms with Gasteiger partial charge in [-0.1, -0.05) is 0 Å². The van der Waals surface area contributed by atoms with Gasteiger partial charge in [0.2, 0.25) is 0 Å². The predicted octanol–water partition coefficient (Wildman–Crippen LogP) is 1.92. The topological polar surface area (TPSA) is 36.3 Å². The Labute approximate surface area is 104 Å². The maximum absolute atomic E-state index is 5.84. The first-order chi connectivity index (χ1) is 6.82. The van der Waals surface area contributed by atoms with E-state index in [1.54, 1.807) is 10.8 Å². The fourth-order valence-electron chi connectivity index (χ4n) is 1.35. The monoisotopic (exact) mass is 320 g/mol. The van der Waals surface area contributed by atoms with Crippen LogP contribution in [-0.2, 0) is 9.31 Å². The van der Waals surface area contributed by atoms with Crippen molar-refractivity contribution in [3.05, 3.63) is 16.0 Å². The molecule has 1 saturated heterocycles. The van der Waals surface area contributed by atoms with Gasteiger partial charge in [0.1, 0.15) is 0 Å². The standard InChI is InChI=1S/C9H14BIN2O2/c1-8(2)9(3,4)15-10(14-8)13-6-7(11)5-12-13/h5-6H,1-4H3. The smallest absolute Gasteiger partial charge is 0.383 e. The third kappa shape index (κ3) is 1.94. The Hall–Kier alpha value is -0.0751. The van der Waals surface area contributed by atoms with E-state index >= 15 is 0 Å². The minimum absolute atomic E-state index is 0.310. The number of hydrogen-bond donors (Lipinski definition) is 0. The SMILES string of the molecule is CC1(C)OB(n2cc(I)cn2)OC1(C)C. The zero-order chi connectivity index (χ0) is 11.3. The number of halogens is 1.